The first-order valence-corrected chi connectivity index (χ1v) is 6.75. The highest BCUT2D eigenvalue weighted by molar-refractivity contribution is 5.83. The molecule has 2 saturated carbocycles. The average molecular weight is 224 g/mol. The number of hydrogen-bond donors (Lipinski definition) is 2. The lowest BCUT2D eigenvalue weighted by atomic mass is 9.68. The van der Waals surface area contributed by atoms with Crippen molar-refractivity contribution in [2.75, 3.05) is 13.1 Å². The quantitative estimate of drug-likeness (QED) is 0.748. The van der Waals surface area contributed by atoms with Gasteiger partial charge in [-0.05, 0) is 25.2 Å². The van der Waals surface area contributed by atoms with Crippen LogP contribution in [0.2, 0.25) is 0 Å². The van der Waals surface area contributed by atoms with Crippen LogP contribution in [0.5, 0.6) is 0 Å². The average Bonchev–Trinajstić information content (AvgIpc) is 2.70. The standard InChI is InChI=1S/C13H24N2O/c14-10-13(7-3-8-13)12(16)15-9-6-11-4-1-2-5-11/h11H,1-10,14H2,(H,15,16). The molecule has 2 aliphatic rings. The predicted molar refractivity (Wildman–Crippen MR) is 64.9 cm³/mol. The fraction of sp³-hybridized carbons (Fsp3) is 0.923. The molecule has 2 rings (SSSR count). The van der Waals surface area contributed by atoms with Gasteiger partial charge in [0.15, 0.2) is 0 Å². The second kappa shape index (κ2) is 5.17. The molecule has 2 fully saturated rings. The molecule has 0 spiro atoms. The largest absolute Gasteiger partial charge is 0.356 e. The van der Waals surface area contributed by atoms with E-state index in [1.54, 1.807) is 0 Å². The van der Waals surface area contributed by atoms with Gasteiger partial charge in [0.1, 0.15) is 0 Å². The normalized spacial score (nSPS) is 24.1. The topological polar surface area (TPSA) is 55.1 Å². The summed E-state index contributed by atoms with van der Waals surface area (Å²) in [5.74, 6) is 1.06. The Labute approximate surface area is 98.2 Å². The van der Waals surface area contributed by atoms with Crippen molar-refractivity contribution in [3.63, 3.8) is 0 Å². The molecule has 3 N–H and O–H groups in total. The summed E-state index contributed by atoms with van der Waals surface area (Å²) in [6.07, 6.45) is 9.77. The summed E-state index contributed by atoms with van der Waals surface area (Å²) >= 11 is 0. The summed E-state index contributed by atoms with van der Waals surface area (Å²) in [6.45, 7) is 1.37. The van der Waals surface area contributed by atoms with Crippen molar-refractivity contribution in [1.82, 2.24) is 5.32 Å². The first-order chi connectivity index (χ1) is 7.77. The van der Waals surface area contributed by atoms with E-state index in [2.05, 4.69) is 5.32 Å². The second-order valence-electron chi connectivity index (χ2n) is 5.53. The lowest BCUT2D eigenvalue weighted by Gasteiger charge is -2.39. The highest BCUT2D eigenvalue weighted by Crippen LogP contribution is 2.40. The minimum absolute atomic E-state index is 0.199. The molecule has 2 aliphatic carbocycles. The maximum atomic E-state index is 12.0. The van der Waals surface area contributed by atoms with Crippen LogP contribution in [0, 0.1) is 11.3 Å². The summed E-state index contributed by atoms with van der Waals surface area (Å²) < 4.78 is 0. The fourth-order valence-corrected chi connectivity index (χ4v) is 3.00. The first-order valence-electron chi connectivity index (χ1n) is 6.75. The highest BCUT2D eigenvalue weighted by Gasteiger charge is 2.42. The van der Waals surface area contributed by atoms with Crippen LogP contribution in [0.1, 0.15) is 51.4 Å². The molecule has 0 aromatic rings. The van der Waals surface area contributed by atoms with Gasteiger partial charge in [-0.3, -0.25) is 4.79 Å². The molecule has 0 bridgehead atoms. The van der Waals surface area contributed by atoms with E-state index in [1.807, 2.05) is 0 Å². The molecule has 16 heavy (non-hydrogen) atoms. The number of amides is 1. The Kier molecular flexibility index (Phi) is 3.85. The van der Waals surface area contributed by atoms with E-state index >= 15 is 0 Å². The van der Waals surface area contributed by atoms with Crippen molar-refractivity contribution in [3.8, 4) is 0 Å². The fourth-order valence-electron chi connectivity index (χ4n) is 3.00. The Balaban J connectivity index is 1.67. The number of carbonyl (C=O) groups excluding carboxylic acids is 1. The number of nitrogens with one attached hydrogen (secondary N) is 1. The SMILES string of the molecule is NCC1(C(=O)NCCC2CCCC2)CCC1. The van der Waals surface area contributed by atoms with E-state index in [1.165, 1.54) is 25.7 Å². The molecular weight excluding hydrogens is 200 g/mol. The summed E-state index contributed by atoms with van der Waals surface area (Å²) in [6, 6.07) is 0. The molecule has 3 heteroatoms. The van der Waals surface area contributed by atoms with Crippen LogP contribution in [0.25, 0.3) is 0 Å². The third-order valence-electron chi connectivity index (χ3n) is 4.50. The van der Waals surface area contributed by atoms with Gasteiger partial charge >= 0.3 is 0 Å². The van der Waals surface area contributed by atoms with Crippen LogP contribution in [0.4, 0.5) is 0 Å². The van der Waals surface area contributed by atoms with Gasteiger partial charge in [0.05, 0.1) is 5.41 Å². The van der Waals surface area contributed by atoms with E-state index in [0.29, 0.717) is 6.54 Å². The van der Waals surface area contributed by atoms with Gasteiger partial charge in [-0.2, -0.15) is 0 Å². The molecule has 92 valence electrons. The molecule has 0 saturated heterocycles. The zero-order chi connectivity index (χ0) is 11.4. The zero-order valence-corrected chi connectivity index (χ0v) is 10.1. The molecule has 1 amide bonds. The van der Waals surface area contributed by atoms with E-state index in [4.69, 9.17) is 5.73 Å². The van der Waals surface area contributed by atoms with Crippen molar-refractivity contribution < 1.29 is 4.79 Å². The predicted octanol–water partition coefficient (Wildman–Crippen LogP) is 1.81. The van der Waals surface area contributed by atoms with Gasteiger partial charge in [-0.25, -0.2) is 0 Å². The van der Waals surface area contributed by atoms with Crippen molar-refractivity contribution in [2.45, 2.75) is 51.4 Å². The van der Waals surface area contributed by atoms with Crippen molar-refractivity contribution in [2.24, 2.45) is 17.1 Å². The molecule has 3 nitrogen and oxygen atoms in total. The number of carbonyl (C=O) groups is 1. The summed E-state index contributed by atoms with van der Waals surface area (Å²) in [5.41, 5.74) is 5.50. The molecule has 0 aromatic carbocycles. The molecule has 0 radical (unpaired) electrons. The molecular formula is C13H24N2O. The Morgan fingerprint density at radius 3 is 2.44 bits per heavy atom. The Morgan fingerprint density at radius 2 is 1.94 bits per heavy atom. The van der Waals surface area contributed by atoms with Crippen LogP contribution in [0.15, 0.2) is 0 Å². The maximum Gasteiger partial charge on any atom is 0.227 e. The Morgan fingerprint density at radius 1 is 1.25 bits per heavy atom. The molecule has 0 unspecified atom stereocenters. The number of rotatable bonds is 5. The smallest absolute Gasteiger partial charge is 0.227 e. The third kappa shape index (κ3) is 2.40. The lowest BCUT2D eigenvalue weighted by Crippen LogP contribution is -2.50. The van der Waals surface area contributed by atoms with Crippen molar-refractivity contribution >= 4 is 5.91 Å². The van der Waals surface area contributed by atoms with Crippen LogP contribution in [0.3, 0.4) is 0 Å². The van der Waals surface area contributed by atoms with Gasteiger partial charge in [-0.1, -0.05) is 32.1 Å². The number of nitrogens with two attached hydrogens (primary N) is 1. The van der Waals surface area contributed by atoms with E-state index < -0.39 is 0 Å². The summed E-state index contributed by atoms with van der Waals surface area (Å²) in [5, 5.41) is 3.08. The van der Waals surface area contributed by atoms with Gasteiger partial charge < -0.3 is 11.1 Å². The minimum Gasteiger partial charge on any atom is -0.356 e. The van der Waals surface area contributed by atoms with Crippen molar-refractivity contribution in [1.29, 1.82) is 0 Å². The maximum absolute atomic E-state index is 12.0. The van der Waals surface area contributed by atoms with Crippen LogP contribution in [-0.4, -0.2) is 19.0 Å². The van der Waals surface area contributed by atoms with E-state index in [-0.39, 0.29) is 11.3 Å². The lowest BCUT2D eigenvalue weighted by molar-refractivity contribution is -0.135. The minimum atomic E-state index is -0.199. The van der Waals surface area contributed by atoms with Gasteiger partial charge in [-0.15, -0.1) is 0 Å². The molecule has 0 aliphatic heterocycles. The van der Waals surface area contributed by atoms with Crippen molar-refractivity contribution in [3.05, 3.63) is 0 Å². The molecule has 0 heterocycles. The summed E-state index contributed by atoms with van der Waals surface area (Å²) in [4.78, 5) is 12.0. The van der Waals surface area contributed by atoms with E-state index in [0.717, 1.165) is 38.1 Å². The second-order valence-corrected chi connectivity index (χ2v) is 5.53. The Hall–Kier alpha value is -0.570. The van der Waals surface area contributed by atoms with Gasteiger partial charge in [0.25, 0.3) is 0 Å². The Bertz CT molecular complexity index is 237. The zero-order valence-electron chi connectivity index (χ0n) is 10.1. The van der Waals surface area contributed by atoms with Crippen LogP contribution < -0.4 is 11.1 Å². The van der Waals surface area contributed by atoms with Gasteiger partial charge in [0.2, 0.25) is 5.91 Å². The van der Waals surface area contributed by atoms with Crippen LogP contribution in [-0.2, 0) is 4.79 Å². The van der Waals surface area contributed by atoms with Crippen LogP contribution >= 0.6 is 0 Å². The monoisotopic (exact) mass is 224 g/mol. The summed E-state index contributed by atoms with van der Waals surface area (Å²) in [7, 11) is 0. The van der Waals surface area contributed by atoms with Gasteiger partial charge in [0, 0.05) is 13.1 Å². The molecule has 0 atom stereocenters. The third-order valence-corrected chi connectivity index (χ3v) is 4.50. The number of hydrogen-bond acceptors (Lipinski definition) is 2. The first kappa shape index (κ1) is 11.9. The highest BCUT2D eigenvalue weighted by atomic mass is 16.2. The van der Waals surface area contributed by atoms with E-state index in [9.17, 15) is 4.79 Å². The molecule has 0 aromatic heterocycles.